The number of nitrogens with two attached hydrogens (primary N) is 1. The maximum absolute atomic E-state index is 13.7. The first-order valence-electron chi connectivity index (χ1n) is 26.3. The lowest BCUT2D eigenvalue weighted by atomic mass is 9.82. The molecule has 2 saturated heterocycles. The Kier molecular flexibility index (Phi) is 29.9. The minimum atomic E-state index is -5.75. The maximum atomic E-state index is 13.7. The van der Waals surface area contributed by atoms with Crippen LogP contribution in [-0.2, 0) is 51.1 Å². The van der Waals surface area contributed by atoms with Crippen LogP contribution in [0.4, 0.5) is 5.82 Å². The minimum Gasteiger partial charge on any atom is -0.462 e. The molecule has 0 aliphatic carbocycles. The molecule has 13 atom stereocenters. The second kappa shape index (κ2) is 33.9. The number of aliphatic hydroxyl groups is 5. The molecule has 0 saturated carbocycles. The van der Waals surface area contributed by atoms with Crippen LogP contribution in [0, 0.1) is 17.8 Å². The Morgan fingerprint density at radius 2 is 1.48 bits per heavy atom. The maximum Gasteiger partial charge on any atom is 0.481 e. The smallest absolute Gasteiger partial charge is 0.462 e. The Bertz CT molecular complexity index is 1980. The molecule has 73 heavy (non-hydrogen) atoms. The van der Waals surface area contributed by atoms with Crippen LogP contribution < -0.4 is 11.4 Å². The number of rotatable bonds is 23. The van der Waals surface area contributed by atoms with Gasteiger partial charge in [-0.25, -0.2) is 13.9 Å². The first kappa shape index (κ1) is 64.3. The van der Waals surface area contributed by atoms with Crippen molar-refractivity contribution in [2.75, 3.05) is 25.6 Å². The topological polar surface area (TPSA) is 343 Å². The van der Waals surface area contributed by atoms with Gasteiger partial charge in [0, 0.05) is 50.1 Å². The monoisotopic (exact) mass is 1080 g/mol. The summed E-state index contributed by atoms with van der Waals surface area (Å²) in [4.78, 5) is 77.8. The normalized spacial score (nSPS) is 30.6. The van der Waals surface area contributed by atoms with Gasteiger partial charge in [0.2, 0.25) is 0 Å². The molecule has 0 amide bonds. The van der Waals surface area contributed by atoms with Gasteiger partial charge in [0.15, 0.2) is 6.10 Å². The van der Waals surface area contributed by atoms with Crippen molar-refractivity contribution in [2.24, 2.45) is 17.8 Å². The predicted octanol–water partition coefficient (Wildman–Crippen LogP) is 6.25. The Morgan fingerprint density at radius 3 is 2.12 bits per heavy atom. The molecule has 2 fully saturated rings. The molecule has 420 valence electrons. The van der Waals surface area contributed by atoms with Gasteiger partial charge in [-0.1, -0.05) is 123 Å². The number of phosphoric acid groups is 2. The summed E-state index contributed by atoms with van der Waals surface area (Å²) in [5, 5.41) is 57.4. The molecule has 1 aromatic rings. The van der Waals surface area contributed by atoms with E-state index >= 15 is 0 Å². The zero-order chi connectivity index (χ0) is 54.0. The summed E-state index contributed by atoms with van der Waals surface area (Å²) in [5.41, 5.74) is 4.67. The molecular formula is C49H85N3O19P2. The number of nitrogen functional groups attached to an aromatic ring is 1. The van der Waals surface area contributed by atoms with E-state index in [1.807, 2.05) is 6.92 Å². The van der Waals surface area contributed by atoms with E-state index in [4.69, 9.17) is 29.0 Å². The highest BCUT2D eigenvalue weighted by Gasteiger charge is 2.45. The Balaban J connectivity index is 1.81. The fraction of sp³-hybridized carbons (Fsp3) is 0.816. The van der Waals surface area contributed by atoms with Gasteiger partial charge in [0.05, 0.1) is 37.6 Å². The zero-order valence-electron chi connectivity index (χ0n) is 42.9. The lowest BCUT2D eigenvalue weighted by Crippen LogP contribution is -2.52. The Labute approximate surface area is 429 Å². The van der Waals surface area contributed by atoms with Gasteiger partial charge in [0.1, 0.15) is 36.6 Å². The van der Waals surface area contributed by atoms with Gasteiger partial charge in [-0.2, -0.15) is 9.29 Å². The number of carbonyl (C=O) groups excluding carboxylic acids is 3. The number of fused-ring (bicyclic) bond motifs is 3. The van der Waals surface area contributed by atoms with Crippen LogP contribution in [0.5, 0.6) is 0 Å². The number of nitrogens with zero attached hydrogens (tertiary/aromatic N) is 2. The standard InChI is InChI=1S/C49H85N3O19P2/c1-4-6-15-21-35(53)25-26-38-40(55)30-41(56)39-29-36(54)22-18-19-24-45(58)69-37(31-66-44(57)23-17-14-12-10-8-7-9-11-13-16-20-34(3)5-2)32-67-72(62,63)71-73(64,65)68-33-42(47(60)46(38)59)70-48(39)52-28-27-43(50)51-49(52)61/h25-28,34-35,37-42,46-48,53,55-56,59-60H,4-24,29-33H2,1-3H3,(H,62,63)(H,64,65)(H2,50,51,61)/b26-25-/t34?,35-,37+,38-,39-,40+,41-,42+,46-,47+,48+/m0/s1. The first-order valence-corrected chi connectivity index (χ1v) is 29.3. The molecule has 2 bridgehead atoms. The molecule has 24 heteroatoms. The highest BCUT2D eigenvalue weighted by Crippen LogP contribution is 2.60. The van der Waals surface area contributed by atoms with Crippen molar-refractivity contribution in [2.45, 2.75) is 217 Å². The quantitative estimate of drug-likeness (QED) is 0.0260. The summed E-state index contributed by atoms with van der Waals surface area (Å²) in [6, 6.07) is 1.18. The third-order valence-corrected chi connectivity index (χ3v) is 15.9. The predicted molar refractivity (Wildman–Crippen MR) is 268 cm³/mol. The third-order valence-electron chi connectivity index (χ3n) is 13.3. The molecule has 22 nitrogen and oxygen atoms in total. The van der Waals surface area contributed by atoms with Crippen LogP contribution >= 0.6 is 15.6 Å². The fourth-order valence-corrected chi connectivity index (χ4v) is 10.9. The molecule has 2 aliphatic rings. The van der Waals surface area contributed by atoms with Gasteiger partial charge >= 0.3 is 33.3 Å². The fourth-order valence-electron chi connectivity index (χ4n) is 8.75. The number of Topliss-reactive ketones (excluding diaryl/α,β-unsaturated/α-hetero) is 1. The zero-order valence-corrected chi connectivity index (χ0v) is 44.7. The van der Waals surface area contributed by atoms with E-state index < -0.39 is 133 Å². The number of cyclic esters (lactones) is 1. The number of ether oxygens (including phenoxy) is 3. The third kappa shape index (κ3) is 25.2. The molecule has 3 rings (SSSR count). The van der Waals surface area contributed by atoms with Crippen LogP contribution in [0.2, 0.25) is 0 Å². The summed E-state index contributed by atoms with van der Waals surface area (Å²) in [6.45, 7) is 3.63. The highest BCUT2D eigenvalue weighted by molar-refractivity contribution is 7.61. The Morgan fingerprint density at radius 1 is 0.863 bits per heavy atom. The number of esters is 2. The van der Waals surface area contributed by atoms with Crippen LogP contribution in [0.15, 0.2) is 29.2 Å². The molecule has 3 unspecified atom stereocenters. The van der Waals surface area contributed by atoms with Crippen molar-refractivity contribution in [1.29, 1.82) is 0 Å². The van der Waals surface area contributed by atoms with E-state index in [0.717, 1.165) is 55.2 Å². The number of hydrogen-bond acceptors (Lipinski definition) is 19. The molecule has 0 aromatic carbocycles. The average Bonchev–Trinajstić information content (AvgIpc) is 3.32. The average molecular weight is 1080 g/mol. The number of anilines is 1. The second-order valence-electron chi connectivity index (χ2n) is 19.6. The van der Waals surface area contributed by atoms with Crippen LogP contribution in [0.25, 0.3) is 0 Å². The van der Waals surface area contributed by atoms with Gasteiger partial charge in [-0.15, -0.1) is 0 Å². The summed E-state index contributed by atoms with van der Waals surface area (Å²) in [6.07, 6.45) is 4.00. The molecule has 1 aromatic heterocycles. The van der Waals surface area contributed by atoms with Crippen molar-refractivity contribution in [3.8, 4) is 0 Å². The van der Waals surface area contributed by atoms with E-state index in [1.54, 1.807) is 0 Å². The molecule has 0 spiro atoms. The van der Waals surface area contributed by atoms with E-state index in [1.165, 1.54) is 63.2 Å². The second-order valence-corrected chi connectivity index (χ2v) is 22.6. The van der Waals surface area contributed by atoms with Gasteiger partial charge in [-0.3, -0.25) is 28.0 Å². The van der Waals surface area contributed by atoms with Crippen molar-refractivity contribution in [1.82, 2.24) is 9.55 Å². The lowest BCUT2D eigenvalue weighted by Gasteiger charge is -2.40. The number of ketones is 1. The summed E-state index contributed by atoms with van der Waals surface area (Å²) >= 11 is 0. The summed E-state index contributed by atoms with van der Waals surface area (Å²) in [7, 11) is -11.4. The van der Waals surface area contributed by atoms with Crippen molar-refractivity contribution < 1.29 is 86.4 Å². The van der Waals surface area contributed by atoms with Crippen LogP contribution in [0.3, 0.4) is 0 Å². The lowest BCUT2D eigenvalue weighted by molar-refractivity contribution is -0.196. The van der Waals surface area contributed by atoms with Gasteiger partial charge in [0.25, 0.3) is 0 Å². The minimum absolute atomic E-state index is 0.0568. The van der Waals surface area contributed by atoms with E-state index in [9.17, 15) is 63.6 Å². The molecule has 3 heterocycles. The molecule has 9 N–H and O–H groups in total. The molecular weight excluding hydrogens is 996 g/mol. The summed E-state index contributed by atoms with van der Waals surface area (Å²) in [5.74, 6) is -4.37. The van der Waals surface area contributed by atoms with Crippen molar-refractivity contribution in [3.63, 3.8) is 0 Å². The van der Waals surface area contributed by atoms with Crippen LogP contribution in [-0.4, -0.2) is 125 Å². The van der Waals surface area contributed by atoms with Gasteiger partial charge < -0.3 is 55.3 Å². The van der Waals surface area contributed by atoms with E-state index in [0.29, 0.717) is 19.3 Å². The van der Waals surface area contributed by atoms with E-state index in [-0.39, 0.29) is 37.9 Å². The SMILES string of the molecule is CCCCC[C@H](O)/C=C\[C@@H]1[C@H](O)[C@H](O)[C@H]2COP(=O)(O)OP(=O)(O)OC[C@@H](COC(=O)CCCCCCCCCCCCC(C)CC)OC(=O)CCCCC(=O)C[C@H]([C@H](n3ccc(N)nc3=O)O2)[C@@H](O)C[C@H]1O. The number of unbranched alkanes of at least 4 members (excludes halogenated alkanes) is 11. The number of phosphoric ester groups is 2. The molecule has 2 aliphatic heterocycles. The number of hydrogen-bond donors (Lipinski definition) is 8. The number of carbonyl (C=O) groups is 3. The van der Waals surface area contributed by atoms with Crippen molar-refractivity contribution >= 4 is 39.2 Å². The van der Waals surface area contributed by atoms with Crippen LogP contribution in [0.1, 0.15) is 175 Å². The largest absolute Gasteiger partial charge is 0.481 e. The first-order chi connectivity index (χ1) is 34.6. The highest BCUT2D eigenvalue weighted by atomic mass is 31.3. The number of aliphatic hydroxyl groups excluding tert-OH is 5. The van der Waals surface area contributed by atoms with Gasteiger partial charge in [-0.05, 0) is 37.7 Å². The molecule has 0 radical (unpaired) electrons. The van der Waals surface area contributed by atoms with E-state index in [2.05, 4.69) is 23.1 Å². The van der Waals surface area contributed by atoms with Crippen molar-refractivity contribution in [3.05, 3.63) is 34.9 Å². The summed E-state index contributed by atoms with van der Waals surface area (Å²) < 4.78 is 58.7. The number of aromatic nitrogens is 2. The Hall–Kier alpha value is -2.95.